The molecule has 2 heterocycles. The highest BCUT2D eigenvalue weighted by atomic mass is 16.5. The van der Waals surface area contributed by atoms with E-state index in [2.05, 4.69) is 41.6 Å². The van der Waals surface area contributed by atoms with E-state index < -0.39 is 0 Å². The average molecular weight is 285 g/mol. The van der Waals surface area contributed by atoms with Crippen molar-refractivity contribution >= 4 is 0 Å². The van der Waals surface area contributed by atoms with Crippen LogP contribution in [0.3, 0.4) is 0 Å². The molecular formula is C17H23N3O. The van der Waals surface area contributed by atoms with Crippen LogP contribution in [0.25, 0.3) is 0 Å². The Morgan fingerprint density at radius 2 is 2.24 bits per heavy atom. The first-order valence-corrected chi connectivity index (χ1v) is 7.74. The summed E-state index contributed by atoms with van der Waals surface area (Å²) in [5, 5.41) is 8.05. The number of fused-ring (bicyclic) bond motifs is 1. The fraction of sp³-hybridized carbons (Fsp3) is 0.471. The molecule has 3 rings (SSSR count). The molecule has 0 fully saturated rings. The van der Waals surface area contributed by atoms with E-state index >= 15 is 0 Å². The molecule has 1 aromatic heterocycles. The van der Waals surface area contributed by atoms with Gasteiger partial charge in [0.1, 0.15) is 5.75 Å². The van der Waals surface area contributed by atoms with Gasteiger partial charge >= 0.3 is 0 Å². The second-order valence-electron chi connectivity index (χ2n) is 5.59. The molecule has 1 N–H and O–H groups in total. The van der Waals surface area contributed by atoms with E-state index in [-0.39, 0.29) is 6.04 Å². The van der Waals surface area contributed by atoms with Crippen LogP contribution in [-0.2, 0) is 7.05 Å². The van der Waals surface area contributed by atoms with Crippen molar-refractivity contribution in [2.24, 2.45) is 7.05 Å². The number of ether oxygens (including phenoxy) is 1. The van der Waals surface area contributed by atoms with Gasteiger partial charge < -0.3 is 10.1 Å². The van der Waals surface area contributed by atoms with Gasteiger partial charge in [-0.1, -0.05) is 25.1 Å². The van der Waals surface area contributed by atoms with Gasteiger partial charge in [0.25, 0.3) is 0 Å². The lowest BCUT2D eigenvalue weighted by atomic mass is 9.85. The summed E-state index contributed by atoms with van der Waals surface area (Å²) in [7, 11) is 2.02. The Hall–Kier alpha value is -1.81. The maximum atomic E-state index is 5.81. The lowest BCUT2D eigenvalue weighted by Crippen LogP contribution is -2.32. The molecule has 0 saturated carbocycles. The number of rotatable bonds is 5. The van der Waals surface area contributed by atoms with Crippen LogP contribution < -0.4 is 10.1 Å². The van der Waals surface area contributed by atoms with Crippen LogP contribution in [0.2, 0.25) is 0 Å². The predicted octanol–water partition coefficient (Wildman–Crippen LogP) is 3.03. The van der Waals surface area contributed by atoms with Gasteiger partial charge in [0.05, 0.1) is 18.3 Å². The molecule has 1 aliphatic rings. The molecule has 0 spiro atoms. The Balaban J connectivity index is 1.96. The Morgan fingerprint density at radius 1 is 1.38 bits per heavy atom. The third-order valence-electron chi connectivity index (χ3n) is 4.20. The molecular weight excluding hydrogens is 262 g/mol. The van der Waals surface area contributed by atoms with Crippen molar-refractivity contribution in [2.45, 2.75) is 31.7 Å². The smallest absolute Gasteiger partial charge is 0.122 e. The molecule has 2 atom stereocenters. The number of nitrogens with one attached hydrogen (secondary N) is 1. The highest BCUT2D eigenvalue weighted by Gasteiger charge is 2.31. The number of aryl methyl sites for hydroxylation is 1. The second-order valence-corrected chi connectivity index (χ2v) is 5.59. The highest BCUT2D eigenvalue weighted by molar-refractivity contribution is 5.39. The predicted molar refractivity (Wildman–Crippen MR) is 83.5 cm³/mol. The van der Waals surface area contributed by atoms with Crippen molar-refractivity contribution < 1.29 is 4.74 Å². The molecule has 21 heavy (non-hydrogen) atoms. The molecule has 1 aromatic carbocycles. The number of nitrogens with zero attached hydrogens (tertiary/aromatic N) is 2. The molecule has 1 aliphatic heterocycles. The van der Waals surface area contributed by atoms with E-state index in [1.54, 1.807) is 0 Å². The Bertz CT molecular complexity index is 593. The highest BCUT2D eigenvalue weighted by Crippen LogP contribution is 2.41. The van der Waals surface area contributed by atoms with Crippen molar-refractivity contribution in [1.82, 2.24) is 15.1 Å². The van der Waals surface area contributed by atoms with Gasteiger partial charge in [0.15, 0.2) is 0 Å². The molecule has 4 heteroatoms. The third-order valence-corrected chi connectivity index (χ3v) is 4.20. The Morgan fingerprint density at radius 3 is 3.00 bits per heavy atom. The minimum Gasteiger partial charge on any atom is -0.493 e. The summed E-state index contributed by atoms with van der Waals surface area (Å²) < 4.78 is 7.78. The van der Waals surface area contributed by atoms with Crippen LogP contribution in [0.5, 0.6) is 5.75 Å². The number of hydrogen-bond donors (Lipinski definition) is 1. The average Bonchev–Trinajstić information content (AvgIpc) is 2.94. The summed E-state index contributed by atoms with van der Waals surface area (Å²) in [6.07, 6.45) is 4.03. The zero-order valence-corrected chi connectivity index (χ0v) is 12.7. The first-order chi connectivity index (χ1) is 10.3. The van der Waals surface area contributed by atoms with Gasteiger partial charge in [0, 0.05) is 19.2 Å². The maximum Gasteiger partial charge on any atom is 0.122 e. The largest absolute Gasteiger partial charge is 0.493 e. The molecule has 0 aliphatic carbocycles. The van der Waals surface area contributed by atoms with Crippen LogP contribution >= 0.6 is 0 Å². The van der Waals surface area contributed by atoms with Crippen LogP contribution in [0, 0.1) is 0 Å². The quantitative estimate of drug-likeness (QED) is 0.918. The zero-order chi connectivity index (χ0) is 14.7. The zero-order valence-electron chi connectivity index (χ0n) is 12.7. The van der Waals surface area contributed by atoms with E-state index in [0.29, 0.717) is 5.92 Å². The van der Waals surface area contributed by atoms with Crippen LogP contribution in [0.1, 0.15) is 43.0 Å². The summed E-state index contributed by atoms with van der Waals surface area (Å²) in [5.41, 5.74) is 2.55. The summed E-state index contributed by atoms with van der Waals surface area (Å²) in [4.78, 5) is 0. The van der Waals surface area contributed by atoms with E-state index in [9.17, 15) is 0 Å². The molecule has 0 saturated heterocycles. The van der Waals surface area contributed by atoms with Gasteiger partial charge in [-0.05, 0) is 37.1 Å². The second kappa shape index (κ2) is 6.31. The fourth-order valence-electron chi connectivity index (χ4n) is 3.16. The van der Waals surface area contributed by atoms with Gasteiger partial charge in [-0.15, -0.1) is 0 Å². The molecule has 112 valence electrons. The number of hydrogen-bond acceptors (Lipinski definition) is 3. The van der Waals surface area contributed by atoms with Gasteiger partial charge in [-0.2, -0.15) is 5.10 Å². The van der Waals surface area contributed by atoms with Crippen molar-refractivity contribution in [3.05, 3.63) is 47.8 Å². The van der Waals surface area contributed by atoms with E-state index in [1.165, 1.54) is 11.3 Å². The minimum absolute atomic E-state index is 0.280. The maximum absolute atomic E-state index is 5.81. The van der Waals surface area contributed by atoms with Gasteiger partial charge in [-0.3, -0.25) is 4.68 Å². The molecule has 0 amide bonds. The third kappa shape index (κ3) is 2.81. The van der Waals surface area contributed by atoms with Crippen molar-refractivity contribution in [3.63, 3.8) is 0 Å². The lowest BCUT2D eigenvalue weighted by Gasteiger charge is -2.33. The van der Waals surface area contributed by atoms with E-state index in [0.717, 1.165) is 31.7 Å². The first-order valence-electron chi connectivity index (χ1n) is 7.74. The van der Waals surface area contributed by atoms with Crippen molar-refractivity contribution in [2.75, 3.05) is 13.2 Å². The standard InChI is InChI=1S/C17H23N3O/c1-3-10-18-17(15-8-11-19-20(15)2)14-9-12-21-16-7-5-4-6-13(14)16/h4-8,11,14,17-18H,3,9-10,12H2,1-2H3. The van der Waals surface area contributed by atoms with Crippen LogP contribution in [-0.4, -0.2) is 22.9 Å². The van der Waals surface area contributed by atoms with Gasteiger partial charge in [-0.25, -0.2) is 0 Å². The molecule has 2 aromatic rings. The number of para-hydroxylation sites is 1. The summed E-state index contributed by atoms with van der Waals surface area (Å²) in [6.45, 7) is 3.99. The van der Waals surface area contributed by atoms with Gasteiger partial charge in [0.2, 0.25) is 0 Å². The monoisotopic (exact) mass is 285 g/mol. The van der Waals surface area contributed by atoms with Crippen molar-refractivity contribution in [3.8, 4) is 5.75 Å². The number of aromatic nitrogens is 2. The summed E-state index contributed by atoms with van der Waals surface area (Å²) >= 11 is 0. The molecule has 0 bridgehead atoms. The first kappa shape index (κ1) is 14.1. The fourth-order valence-corrected chi connectivity index (χ4v) is 3.16. The SMILES string of the molecule is CCCNC(c1ccnn1C)C1CCOc2ccccc21. The molecule has 4 nitrogen and oxygen atoms in total. The lowest BCUT2D eigenvalue weighted by molar-refractivity contribution is 0.243. The normalized spacial score (nSPS) is 18.9. The molecule has 2 unspecified atom stereocenters. The molecule has 0 radical (unpaired) electrons. The Labute approximate surface area is 126 Å². The van der Waals surface area contributed by atoms with E-state index in [4.69, 9.17) is 4.74 Å². The Kier molecular flexibility index (Phi) is 4.25. The summed E-state index contributed by atoms with van der Waals surface area (Å²) in [6, 6.07) is 10.8. The van der Waals surface area contributed by atoms with E-state index in [1.807, 2.05) is 24.0 Å². The number of benzene rings is 1. The van der Waals surface area contributed by atoms with Crippen LogP contribution in [0.4, 0.5) is 0 Å². The summed E-state index contributed by atoms with van der Waals surface area (Å²) in [5.74, 6) is 1.45. The minimum atomic E-state index is 0.280. The van der Waals surface area contributed by atoms with Crippen molar-refractivity contribution in [1.29, 1.82) is 0 Å². The topological polar surface area (TPSA) is 39.1 Å². The van der Waals surface area contributed by atoms with Crippen LogP contribution in [0.15, 0.2) is 36.5 Å².